The Morgan fingerprint density at radius 3 is 2.10 bits per heavy atom. The van der Waals surface area contributed by atoms with E-state index in [9.17, 15) is 4.79 Å². The highest BCUT2D eigenvalue weighted by molar-refractivity contribution is 5.92. The molecule has 6 rings (SSSR count). The van der Waals surface area contributed by atoms with Crippen LogP contribution in [0.15, 0.2) is 47.1 Å². The molecule has 0 N–H and O–H groups in total. The third-order valence-electron chi connectivity index (χ3n) is 9.82. The van der Waals surface area contributed by atoms with Crippen LogP contribution in [-0.2, 0) is 12.8 Å². The fourth-order valence-electron chi connectivity index (χ4n) is 7.61. The van der Waals surface area contributed by atoms with Crippen LogP contribution in [0.25, 0.3) is 0 Å². The number of methoxy groups -OCH3 is 4. The summed E-state index contributed by atoms with van der Waals surface area (Å²) in [6.45, 7) is 5.03. The summed E-state index contributed by atoms with van der Waals surface area (Å²) in [5.74, 6) is 4.27. The highest BCUT2D eigenvalue weighted by Gasteiger charge is 2.42. The zero-order valence-corrected chi connectivity index (χ0v) is 25.4. The fourth-order valence-corrected chi connectivity index (χ4v) is 7.61. The van der Waals surface area contributed by atoms with Crippen LogP contribution in [0.2, 0.25) is 0 Å². The summed E-state index contributed by atoms with van der Waals surface area (Å²) >= 11 is 0. The van der Waals surface area contributed by atoms with Crippen LogP contribution in [0.3, 0.4) is 0 Å². The minimum atomic E-state index is -0.0924. The molecule has 3 aliphatic heterocycles. The van der Waals surface area contributed by atoms with Gasteiger partial charge in [-0.2, -0.15) is 0 Å². The van der Waals surface area contributed by atoms with E-state index in [4.69, 9.17) is 23.4 Å². The normalized spacial score (nSPS) is 23.4. The lowest BCUT2D eigenvalue weighted by molar-refractivity contribution is 0.0278. The van der Waals surface area contributed by atoms with Crippen molar-refractivity contribution in [3.05, 3.63) is 70.7 Å². The first-order valence-electron chi connectivity index (χ1n) is 15.1. The Morgan fingerprint density at radius 2 is 1.48 bits per heavy atom. The van der Waals surface area contributed by atoms with Gasteiger partial charge in [0.25, 0.3) is 5.91 Å². The quantitative estimate of drug-likeness (QED) is 0.322. The Labute approximate surface area is 248 Å². The minimum Gasteiger partial charge on any atom is -0.493 e. The number of fused-ring (bicyclic) bond motifs is 4. The van der Waals surface area contributed by atoms with Crippen molar-refractivity contribution in [1.29, 1.82) is 0 Å². The predicted octanol–water partition coefficient (Wildman–Crippen LogP) is 6.09. The second kappa shape index (κ2) is 11.9. The molecule has 0 saturated carbocycles. The molecule has 8 heteroatoms. The number of ether oxygens (including phenoxy) is 4. The monoisotopic (exact) mass is 574 g/mol. The molecule has 1 fully saturated rings. The molecule has 3 aromatic rings. The van der Waals surface area contributed by atoms with Gasteiger partial charge in [-0.1, -0.05) is 13.3 Å². The zero-order valence-electron chi connectivity index (χ0n) is 25.4. The molecule has 2 aromatic carbocycles. The Morgan fingerprint density at radius 1 is 0.857 bits per heavy atom. The van der Waals surface area contributed by atoms with E-state index in [0.29, 0.717) is 35.9 Å². The van der Waals surface area contributed by atoms with Gasteiger partial charge >= 0.3 is 0 Å². The highest BCUT2D eigenvalue weighted by Crippen LogP contribution is 2.49. The van der Waals surface area contributed by atoms with Gasteiger partial charge < -0.3 is 28.3 Å². The summed E-state index contributed by atoms with van der Waals surface area (Å²) < 4.78 is 28.3. The van der Waals surface area contributed by atoms with Crippen molar-refractivity contribution in [2.24, 2.45) is 11.8 Å². The number of carbonyl (C=O) groups is 1. The van der Waals surface area contributed by atoms with Crippen LogP contribution in [0.4, 0.5) is 0 Å². The van der Waals surface area contributed by atoms with Gasteiger partial charge in [-0.15, -0.1) is 0 Å². The number of nitrogens with zero attached hydrogens (tertiary/aromatic N) is 2. The van der Waals surface area contributed by atoms with E-state index in [-0.39, 0.29) is 11.9 Å². The fraction of sp³-hybridized carbons (Fsp3) is 0.500. The maximum Gasteiger partial charge on any atom is 0.290 e. The minimum absolute atomic E-state index is 0.0595. The van der Waals surface area contributed by atoms with E-state index >= 15 is 0 Å². The molecule has 0 bridgehead atoms. The molecule has 0 radical (unpaired) electrons. The topological polar surface area (TPSA) is 73.6 Å². The van der Waals surface area contributed by atoms with E-state index < -0.39 is 0 Å². The average Bonchev–Trinajstić information content (AvgIpc) is 3.58. The molecule has 4 atom stereocenters. The Hall–Kier alpha value is -3.65. The molecule has 0 spiro atoms. The third-order valence-corrected chi connectivity index (χ3v) is 9.82. The van der Waals surface area contributed by atoms with Gasteiger partial charge in [0.15, 0.2) is 28.8 Å². The summed E-state index contributed by atoms with van der Waals surface area (Å²) in [5, 5.41) is 0. The van der Waals surface area contributed by atoms with E-state index in [0.717, 1.165) is 68.0 Å². The van der Waals surface area contributed by atoms with Crippen molar-refractivity contribution in [3.63, 3.8) is 0 Å². The summed E-state index contributed by atoms with van der Waals surface area (Å²) in [4.78, 5) is 18.5. The second-order valence-electron chi connectivity index (χ2n) is 11.7. The number of amides is 1. The highest BCUT2D eigenvalue weighted by atomic mass is 16.5. The molecule has 42 heavy (non-hydrogen) atoms. The van der Waals surface area contributed by atoms with Gasteiger partial charge in [-0.3, -0.25) is 9.69 Å². The summed E-state index contributed by atoms with van der Waals surface area (Å²) in [5.41, 5.74) is 5.05. The van der Waals surface area contributed by atoms with Gasteiger partial charge in [0, 0.05) is 25.7 Å². The maximum atomic E-state index is 13.8. The average molecular weight is 575 g/mol. The van der Waals surface area contributed by atoms with E-state index in [1.807, 2.05) is 4.90 Å². The van der Waals surface area contributed by atoms with Crippen LogP contribution in [0, 0.1) is 11.8 Å². The second-order valence-corrected chi connectivity index (χ2v) is 11.7. The number of furan rings is 1. The van der Waals surface area contributed by atoms with Crippen molar-refractivity contribution < 1.29 is 28.2 Å². The largest absolute Gasteiger partial charge is 0.493 e. The van der Waals surface area contributed by atoms with Crippen molar-refractivity contribution in [3.8, 4) is 23.0 Å². The number of hydrogen-bond donors (Lipinski definition) is 0. The Bertz CT molecular complexity index is 1420. The summed E-state index contributed by atoms with van der Waals surface area (Å²) in [6, 6.07) is 12.3. The van der Waals surface area contributed by atoms with Gasteiger partial charge in [-0.05, 0) is 96.2 Å². The molecule has 4 heterocycles. The Balaban J connectivity index is 1.37. The first-order valence-corrected chi connectivity index (χ1v) is 15.1. The number of rotatable bonds is 8. The first kappa shape index (κ1) is 28.5. The molecule has 1 amide bonds. The summed E-state index contributed by atoms with van der Waals surface area (Å²) in [6.07, 6.45) is 6.34. The van der Waals surface area contributed by atoms with Crippen LogP contribution >= 0.6 is 0 Å². The zero-order chi connectivity index (χ0) is 29.4. The smallest absolute Gasteiger partial charge is 0.290 e. The van der Waals surface area contributed by atoms with Crippen molar-refractivity contribution >= 4 is 5.91 Å². The van der Waals surface area contributed by atoms with Gasteiger partial charge in [0.1, 0.15) is 0 Å². The van der Waals surface area contributed by atoms with Crippen molar-refractivity contribution in [1.82, 2.24) is 9.80 Å². The lowest BCUT2D eigenvalue weighted by atomic mass is 9.72. The van der Waals surface area contributed by atoms with Gasteiger partial charge in [-0.25, -0.2) is 0 Å². The van der Waals surface area contributed by atoms with Crippen LogP contribution in [0.1, 0.15) is 71.1 Å². The molecule has 224 valence electrons. The number of piperidine rings is 1. The molecule has 1 saturated heterocycles. The van der Waals surface area contributed by atoms with Gasteiger partial charge in [0.2, 0.25) is 0 Å². The lowest BCUT2D eigenvalue weighted by Gasteiger charge is -2.49. The van der Waals surface area contributed by atoms with Gasteiger partial charge in [0.05, 0.1) is 40.7 Å². The standard InChI is InChI=1S/C34H42N2O6/c1-6-21-20-35-11-9-22-16-30(38-2)32(40-4)18-25(22)27(35)14-24(21)15-28-26-19-33(41-5)31(39-3)17-23(26)10-12-36(28)34(37)29-8-7-13-42-29/h7-8,13,16-19,21,24,27-28H,6,9-12,14-15,20H2,1-5H3/t21-,24-,27+,28-/m1/s1. The first-order chi connectivity index (χ1) is 20.5. The molecular formula is C34H42N2O6. The number of carbonyl (C=O) groups excluding carboxylic acids is 1. The van der Waals surface area contributed by atoms with Crippen LogP contribution in [0.5, 0.6) is 23.0 Å². The number of hydrogen-bond acceptors (Lipinski definition) is 7. The van der Waals surface area contributed by atoms with Crippen molar-refractivity contribution in [2.75, 3.05) is 48.1 Å². The molecule has 0 aliphatic carbocycles. The maximum absolute atomic E-state index is 13.8. The summed E-state index contributed by atoms with van der Waals surface area (Å²) in [7, 11) is 6.74. The number of benzene rings is 2. The van der Waals surface area contributed by atoms with Crippen molar-refractivity contribution in [2.45, 2.75) is 51.1 Å². The van der Waals surface area contributed by atoms with E-state index in [1.54, 1.807) is 46.8 Å². The molecular weight excluding hydrogens is 532 g/mol. The molecule has 8 nitrogen and oxygen atoms in total. The van der Waals surface area contributed by atoms with E-state index in [1.165, 1.54) is 16.7 Å². The lowest BCUT2D eigenvalue weighted by Crippen LogP contribution is -2.47. The molecule has 0 unspecified atom stereocenters. The van der Waals surface area contributed by atoms with Crippen LogP contribution in [-0.4, -0.2) is 63.8 Å². The molecule has 3 aliphatic rings. The SMILES string of the molecule is CC[C@@H]1CN2CCc3cc(OC)c(OC)cc3[C@@H]2C[C@@H]1C[C@@H]1c2cc(OC)c(OC)cc2CCN1C(=O)c1ccco1. The molecule has 1 aromatic heterocycles. The van der Waals surface area contributed by atoms with E-state index in [2.05, 4.69) is 36.1 Å². The predicted molar refractivity (Wildman–Crippen MR) is 160 cm³/mol. The third kappa shape index (κ3) is 5.00. The van der Waals surface area contributed by atoms with Crippen LogP contribution < -0.4 is 18.9 Å². The Kier molecular flexibility index (Phi) is 8.08.